The van der Waals surface area contributed by atoms with Crippen LogP contribution in [0.3, 0.4) is 0 Å². The minimum atomic E-state index is -2.95. The summed E-state index contributed by atoms with van der Waals surface area (Å²) < 4.78 is 34.2. The normalized spacial score (nSPS) is 10.5. The van der Waals surface area contributed by atoms with Crippen molar-refractivity contribution >= 4 is 11.7 Å². The summed E-state index contributed by atoms with van der Waals surface area (Å²) in [6.07, 6.45) is 0. The van der Waals surface area contributed by atoms with Crippen molar-refractivity contribution in [2.24, 2.45) is 0 Å². The van der Waals surface area contributed by atoms with Crippen molar-refractivity contribution in [3.63, 3.8) is 0 Å². The Morgan fingerprint density at radius 3 is 2.48 bits per heavy atom. The van der Waals surface area contributed by atoms with Gasteiger partial charge in [-0.2, -0.15) is 8.78 Å². The second kappa shape index (κ2) is 8.32. The number of nitrogens with one attached hydrogen (secondary N) is 2. The van der Waals surface area contributed by atoms with E-state index in [1.54, 1.807) is 6.07 Å². The molecule has 0 spiro atoms. The maximum absolute atomic E-state index is 12.4. The van der Waals surface area contributed by atoms with Crippen molar-refractivity contribution in [1.82, 2.24) is 5.32 Å². The average Bonchev–Trinajstić information content (AvgIpc) is 2.56. The third kappa shape index (κ3) is 5.34. The zero-order valence-electron chi connectivity index (χ0n) is 14.2. The summed E-state index contributed by atoms with van der Waals surface area (Å²) in [6.45, 7) is 1.15. The van der Waals surface area contributed by atoms with E-state index in [9.17, 15) is 13.6 Å². The average molecular weight is 350 g/mol. The van der Waals surface area contributed by atoms with Crippen LogP contribution in [0.5, 0.6) is 11.5 Å². The summed E-state index contributed by atoms with van der Waals surface area (Å²) in [5.74, 6) is 0.120. The fourth-order valence-electron chi connectivity index (χ4n) is 2.20. The molecular weight excluding hydrogens is 330 g/mol. The number of hydrogen-bond donors (Lipinski definition) is 2. The lowest BCUT2D eigenvalue weighted by atomic mass is 10.1. The number of rotatable bonds is 6. The first-order chi connectivity index (χ1) is 11.9. The molecule has 0 radical (unpaired) electrons. The molecular formula is C18H20F2N2O3. The number of benzene rings is 2. The van der Waals surface area contributed by atoms with Gasteiger partial charge in [-0.15, -0.1) is 0 Å². The van der Waals surface area contributed by atoms with Crippen molar-refractivity contribution in [2.45, 2.75) is 27.0 Å². The van der Waals surface area contributed by atoms with E-state index in [-0.39, 0.29) is 18.0 Å². The van der Waals surface area contributed by atoms with Gasteiger partial charge in [0.05, 0.1) is 7.11 Å². The van der Waals surface area contributed by atoms with Crippen LogP contribution < -0.4 is 20.1 Å². The molecule has 0 saturated carbocycles. The fraction of sp³-hybridized carbons (Fsp3) is 0.278. The van der Waals surface area contributed by atoms with Gasteiger partial charge in [-0.3, -0.25) is 0 Å². The predicted molar refractivity (Wildman–Crippen MR) is 91.4 cm³/mol. The van der Waals surface area contributed by atoms with Gasteiger partial charge in [0.15, 0.2) is 11.5 Å². The summed E-state index contributed by atoms with van der Waals surface area (Å²) >= 11 is 0. The molecule has 25 heavy (non-hydrogen) atoms. The number of anilines is 1. The van der Waals surface area contributed by atoms with E-state index in [0.717, 1.165) is 11.1 Å². The Morgan fingerprint density at radius 1 is 1.08 bits per heavy atom. The van der Waals surface area contributed by atoms with E-state index in [4.69, 9.17) is 4.74 Å². The third-order valence-corrected chi connectivity index (χ3v) is 3.66. The Balaban J connectivity index is 1.97. The first-order valence-electron chi connectivity index (χ1n) is 7.63. The van der Waals surface area contributed by atoms with E-state index in [1.165, 1.54) is 19.2 Å². The summed E-state index contributed by atoms with van der Waals surface area (Å²) in [7, 11) is 1.36. The molecule has 2 amide bonds. The second-order valence-electron chi connectivity index (χ2n) is 5.47. The van der Waals surface area contributed by atoms with Crippen LogP contribution in [0.25, 0.3) is 0 Å². The van der Waals surface area contributed by atoms with Crippen LogP contribution >= 0.6 is 0 Å². The second-order valence-corrected chi connectivity index (χ2v) is 5.47. The van der Waals surface area contributed by atoms with Crippen molar-refractivity contribution in [2.75, 3.05) is 12.4 Å². The molecule has 0 atom stereocenters. The van der Waals surface area contributed by atoms with Gasteiger partial charge in [-0.05, 0) is 54.8 Å². The molecule has 0 aromatic heterocycles. The predicted octanol–water partition coefficient (Wildman–Crippen LogP) is 4.24. The zero-order chi connectivity index (χ0) is 18.4. The number of halogens is 2. The van der Waals surface area contributed by atoms with Gasteiger partial charge < -0.3 is 20.1 Å². The van der Waals surface area contributed by atoms with Gasteiger partial charge in [0.1, 0.15) is 0 Å². The molecule has 0 aliphatic heterocycles. The van der Waals surface area contributed by atoms with Gasteiger partial charge in [-0.25, -0.2) is 4.79 Å². The van der Waals surface area contributed by atoms with Crippen LogP contribution in [-0.4, -0.2) is 19.8 Å². The SMILES string of the molecule is COc1ccc(CNC(=O)Nc2ccc(C)c(C)c2)cc1OC(F)F. The Morgan fingerprint density at radius 2 is 1.84 bits per heavy atom. The lowest BCUT2D eigenvalue weighted by molar-refractivity contribution is -0.0512. The number of carbonyl (C=O) groups is 1. The van der Waals surface area contributed by atoms with Gasteiger partial charge in [0.2, 0.25) is 0 Å². The number of amides is 2. The molecule has 0 saturated heterocycles. The van der Waals surface area contributed by atoms with E-state index in [1.807, 2.05) is 32.0 Å². The zero-order valence-corrected chi connectivity index (χ0v) is 14.2. The van der Waals surface area contributed by atoms with E-state index >= 15 is 0 Å². The van der Waals surface area contributed by atoms with Crippen molar-refractivity contribution < 1.29 is 23.0 Å². The number of carbonyl (C=O) groups excluding carboxylic acids is 1. The van der Waals surface area contributed by atoms with E-state index < -0.39 is 12.6 Å². The molecule has 0 fully saturated rings. The molecule has 0 unspecified atom stereocenters. The van der Waals surface area contributed by atoms with E-state index in [0.29, 0.717) is 11.3 Å². The Labute approximate surface area is 144 Å². The van der Waals surface area contributed by atoms with Crippen molar-refractivity contribution in [3.05, 3.63) is 53.1 Å². The molecule has 5 nitrogen and oxygen atoms in total. The molecule has 0 aliphatic rings. The minimum absolute atomic E-state index is 0.0774. The first kappa shape index (κ1) is 18.5. The van der Waals surface area contributed by atoms with E-state index in [2.05, 4.69) is 15.4 Å². The molecule has 2 rings (SSSR count). The van der Waals surface area contributed by atoms with Gasteiger partial charge >= 0.3 is 12.6 Å². The summed E-state index contributed by atoms with van der Waals surface area (Å²) in [5.41, 5.74) is 3.49. The number of alkyl halides is 2. The molecule has 0 heterocycles. The highest BCUT2D eigenvalue weighted by atomic mass is 19.3. The largest absolute Gasteiger partial charge is 0.493 e. The molecule has 2 aromatic rings. The minimum Gasteiger partial charge on any atom is -0.493 e. The molecule has 0 aliphatic carbocycles. The van der Waals surface area contributed by atoms with Crippen LogP contribution in [0.2, 0.25) is 0 Å². The molecule has 7 heteroatoms. The van der Waals surface area contributed by atoms with Crippen LogP contribution in [0.1, 0.15) is 16.7 Å². The van der Waals surface area contributed by atoms with Gasteiger partial charge in [0.25, 0.3) is 0 Å². The number of urea groups is 1. The molecule has 134 valence electrons. The smallest absolute Gasteiger partial charge is 0.387 e. The fourth-order valence-corrected chi connectivity index (χ4v) is 2.20. The lowest BCUT2D eigenvalue weighted by Crippen LogP contribution is -2.28. The number of ether oxygens (including phenoxy) is 2. The van der Waals surface area contributed by atoms with Crippen molar-refractivity contribution in [1.29, 1.82) is 0 Å². The number of aryl methyl sites for hydroxylation is 2. The lowest BCUT2D eigenvalue weighted by Gasteiger charge is -2.12. The highest BCUT2D eigenvalue weighted by molar-refractivity contribution is 5.89. The highest BCUT2D eigenvalue weighted by Crippen LogP contribution is 2.29. The topological polar surface area (TPSA) is 59.6 Å². The van der Waals surface area contributed by atoms with Crippen LogP contribution in [0.15, 0.2) is 36.4 Å². The quantitative estimate of drug-likeness (QED) is 0.819. The Bertz CT molecular complexity index is 751. The Kier molecular flexibility index (Phi) is 6.16. The summed E-state index contributed by atoms with van der Waals surface area (Å²) in [4.78, 5) is 12.0. The highest BCUT2D eigenvalue weighted by Gasteiger charge is 2.12. The monoisotopic (exact) mass is 350 g/mol. The first-order valence-corrected chi connectivity index (χ1v) is 7.63. The standard InChI is InChI=1S/C18H20F2N2O3/c1-11-4-6-14(8-12(11)2)22-18(23)21-10-13-5-7-15(24-3)16(9-13)25-17(19)20/h4-9,17H,10H2,1-3H3,(H2,21,22,23). The van der Waals surface area contributed by atoms with Crippen LogP contribution in [0.4, 0.5) is 19.3 Å². The van der Waals surface area contributed by atoms with Gasteiger partial charge in [-0.1, -0.05) is 12.1 Å². The molecule has 0 bridgehead atoms. The molecule has 2 N–H and O–H groups in total. The summed E-state index contributed by atoms with van der Waals surface area (Å²) in [6, 6.07) is 9.78. The Hall–Kier alpha value is -2.83. The number of methoxy groups -OCH3 is 1. The van der Waals surface area contributed by atoms with Gasteiger partial charge in [0, 0.05) is 12.2 Å². The molecule has 2 aromatic carbocycles. The summed E-state index contributed by atoms with van der Waals surface area (Å²) in [5, 5.41) is 5.39. The van der Waals surface area contributed by atoms with Crippen molar-refractivity contribution in [3.8, 4) is 11.5 Å². The number of hydrogen-bond acceptors (Lipinski definition) is 3. The maximum atomic E-state index is 12.4. The van der Waals surface area contributed by atoms with Crippen LogP contribution in [-0.2, 0) is 6.54 Å². The third-order valence-electron chi connectivity index (χ3n) is 3.66. The van der Waals surface area contributed by atoms with Crippen LogP contribution in [0, 0.1) is 13.8 Å². The maximum Gasteiger partial charge on any atom is 0.387 e.